The highest BCUT2D eigenvalue weighted by atomic mass is 32.2. The Morgan fingerprint density at radius 1 is 1.16 bits per heavy atom. The maximum atomic E-state index is 10.5. The maximum absolute atomic E-state index is 10.5. The van der Waals surface area contributed by atoms with Crippen LogP contribution < -0.4 is 11.2 Å². The molecule has 0 amide bonds. The molecule has 6 N–H and O–H groups in total. The van der Waals surface area contributed by atoms with Crippen molar-refractivity contribution in [2.75, 3.05) is 0 Å². The van der Waals surface area contributed by atoms with Gasteiger partial charge in [-0.25, -0.2) is 5.48 Å². The Hall–Kier alpha value is -2.95. The fourth-order valence-corrected chi connectivity index (χ4v) is 1.96. The van der Waals surface area contributed by atoms with E-state index in [1.807, 2.05) is 6.92 Å². The van der Waals surface area contributed by atoms with Crippen molar-refractivity contribution in [1.82, 2.24) is 5.48 Å². The van der Waals surface area contributed by atoms with Crippen LogP contribution in [0.15, 0.2) is 63.6 Å². The minimum absolute atomic E-state index is 0.0666. The first kappa shape index (κ1) is 20.1. The van der Waals surface area contributed by atoms with Crippen LogP contribution in [0.1, 0.15) is 11.1 Å². The number of hydrogen-bond donors (Lipinski definition) is 5. The molecule has 2 aromatic carbocycles. The molecule has 0 heterocycles. The van der Waals surface area contributed by atoms with Crippen LogP contribution in [0.2, 0.25) is 0 Å². The molecule has 25 heavy (non-hydrogen) atoms. The second-order valence-electron chi connectivity index (χ2n) is 4.69. The highest BCUT2D eigenvalue weighted by Crippen LogP contribution is 2.12. The molecule has 0 spiro atoms. The van der Waals surface area contributed by atoms with Crippen molar-refractivity contribution >= 4 is 22.3 Å². The van der Waals surface area contributed by atoms with Gasteiger partial charge in [-0.2, -0.15) is 13.5 Å². The van der Waals surface area contributed by atoms with Gasteiger partial charge >= 0.3 is 0 Å². The zero-order valence-electron chi connectivity index (χ0n) is 13.2. The van der Waals surface area contributed by atoms with Gasteiger partial charge in [0.15, 0.2) is 0 Å². The van der Waals surface area contributed by atoms with Crippen LogP contribution in [-0.2, 0) is 10.1 Å². The molecule has 0 aromatic heterocycles. The van der Waals surface area contributed by atoms with E-state index in [9.17, 15) is 13.5 Å². The molecule has 0 saturated carbocycles. The third-order valence-corrected chi connectivity index (χ3v) is 3.60. The van der Waals surface area contributed by atoms with E-state index in [0.717, 1.165) is 5.56 Å². The van der Waals surface area contributed by atoms with Crippen LogP contribution in [0, 0.1) is 6.92 Å². The van der Waals surface area contributed by atoms with Crippen molar-refractivity contribution in [1.29, 1.82) is 0 Å². The first-order valence-corrected chi connectivity index (χ1v) is 8.27. The maximum Gasteiger partial charge on any atom is 0.294 e. The summed E-state index contributed by atoms with van der Waals surface area (Å²) >= 11 is 0. The Balaban J connectivity index is 0.000000257. The number of nitrogens with zero attached hydrogens (tertiary/aromatic N) is 2. The number of hydroxylamine groups is 1. The van der Waals surface area contributed by atoms with E-state index in [-0.39, 0.29) is 16.6 Å². The van der Waals surface area contributed by atoms with Crippen molar-refractivity contribution in [2.24, 2.45) is 15.9 Å². The van der Waals surface area contributed by atoms with Crippen LogP contribution in [0.5, 0.6) is 5.75 Å². The second kappa shape index (κ2) is 9.37. The summed E-state index contributed by atoms with van der Waals surface area (Å²) in [7, 11) is -4.02. The first-order valence-electron chi connectivity index (χ1n) is 6.83. The summed E-state index contributed by atoms with van der Waals surface area (Å²) in [5, 5.41) is 24.5. The largest absolute Gasteiger partial charge is 0.507 e. The summed E-state index contributed by atoms with van der Waals surface area (Å²) in [4.78, 5) is -0.0666. The van der Waals surface area contributed by atoms with Crippen LogP contribution in [0.4, 0.5) is 0 Å². The van der Waals surface area contributed by atoms with Gasteiger partial charge in [0.05, 0.1) is 11.1 Å². The van der Waals surface area contributed by atoms with Gasteiger partial charge in [-0.15, -0.1) is 5.10 Å². The van der Waals surface area contributed by atoms with Gasteiger partial charge < -0.3 is 10.8 Å². The molecule has 2 aromatic rings. The van der Waals surface area contributed by atoms with E-state index in [1.165, 1.54) is 24.4 Å². The Bertz CT molecular complexity index is 848. The van der Waals surface area contributed by atoms with Gasteiger partial charge in [-0.05, 0) is 31.2 Å². The first-order chi connectivity index (χ1) is 11.7. The van der Waals surface area contributed by atoms with Crippen molar-refractivity contribution < 1.29 is 23.3 Å². The molecule has 0 aliphatic heterocycles. The molecule has 0 fully saturated rings. The summed E-state index contributed by atoms with van der Waals surface area (Å²) in [6.07, 6.45) is 1.32. The smallest absolute Gasteiger partial charge is 0.294 e. The number of para-hydroxylation sites is 1. The van der Waals surface area contributed by atoms with Crippen LogP contribution in [0.3, 0.4) is 0 Å². The molecule has 0 aliphatic carbocycles. The van der Waals surface area contributed by atoms with Gasteiger partial charge in [-0.1, -0.05) is 29.8 Å². The van der Waals surface area contributed by atoms with E-state index in [1.54, 1.807) is 35.8 Å². The number of aryl methyl sites for hydroxylation is 1. The molecule has 0 saturated heterocycles. The molecule has 0 atom stereocenters. The predicted molar refractivity (Wildman–Crippen MR) is 93.2 cm³/mol. The molecule has 134 valence electrons. The van der Waals surface area contributed by atoms with Crippen LogP contribution >= 0.6 is 0 Å². The lowest BCUT2D eigenvalue weighted by Gasteiger charge is -1.95. The number of aromatic hydroxyl groups is 1. The van der Waals surface area contributed by atoms with Crippen LogP contribution in [0.25, 0.3) is 0 Å². The minimum Gasteiger partial charge on any atom is -0.507 e. The Kier molecular flexibility index (Phi) is 7.53. The van der Waals surface area contributed by atoms with E-state index in [4.69, 9.17) is 15.5 Å². The Morgan fingerprint density at radius 3 is 2.28 bits per heavy atom. The number of guanidine groups is 1. The van der Waals surface area contributed by atoms with E-state index in [0.29, 0.717) is 5.56 Å². The minimum atomic E-state index is -4.02. The van der Waals surface area contributed by atoms with E-state index < -0.39 is 10.1 Å². The van der Waals surface area contributed by atoms with Crippen molar-refractivity contribution in [3.8, 4) is 5.75 Å². The summed E-state index contributed by atoms with van der Waals surface area (Å²) in [5.41, 5.74) is 8.18. The van der Waals surface area contributed by atoms with E-state index >= 15 is 0 Å². The highest BCUT2D eigenvalue weighted by Gasteiger charge is 2.06. The fraction of sp³-hybridized carbons (Fsp3) is 0.0667. The van der Waals surface area contributed by atoms with Gasteiger partial charge in [0.2, 0.25) is 5.96 Å². The fourth-order valence-electron chi connectivity index (χ4n) is 1.48. The SMILES string of the molecule is Cc1ccc(S(=O)(=O)O)cc1.N/C(=N/N=C/c1ccccc1O)NO. The van der Waals surface area contributed by atoms with Gasteiger partial charge in [-0.3, -0.25) is 9.76 Å². The number of phenols is 1. The molecule has 10 heteroatoms. The Morgan fingerprint density at radius 2 is 1.76 bits per heavy atom. The van der Waals surface area contributed by atoms with Gasteiger partial charge in [0.1, 0.15) is 5.75 Å². The summed E-state index contributed by atoms with van der Waals surface area (Å²) in [6.45, 7) is 1.84. The molecule has 2 rings (SSSR count). The monoisotopic (exact) mass is 366 g/mol. The molecular formula is C15H18N4O5S. The molecule has 9 nitrogen and oxygen atoms in total. The lowest BCUT2D eigenvalue weighted by molar-refractivity contribution is 0.232. The lowest BCUT2D eigenvalue weighted by Crippen LogP contribution is -2.27. The lowest BCUT2D eigenvalue weighted by atomic mass is 10.2. The molecule has 0 bridgehead atoms. The normalized spacial score (nSPS) is 11.7. The van der Waals surface area contributed by atoms with Crippen molar-refractivity contribution in [3.63, 3.8) is 0 Å². The zero-order chi connectivity index (χ0) is 18.9. The number of rotatable bonds is 3. The third kappa shape index (κ3) is 7.44. The molecule has 0 radical (unpaired) electrons. The summed E-state index contributed by atoms with van der Waals surface area (Å²) in [6, 6.07) is 12.6. The van der Waals surface area contributed by atoms with E-state index in [2.05, 4.69) is 10.2 Å². The number of benzene rings is 2. The summed E-state index contributed by atoms with van der Waals surface area (Å²) in [5.74, 6) is -0.126. The number of hydrogen-bond acceptors (Lipinski definition) is 6. The molecule has 0 aliphatic rings. The van der Waals surface area contributed by atoms with Gasteiger partial charge in [0, 0.05) is 5.56 Å². The number of phenolic OH excluding ortho intramolecular Hbond substituents is 1. The number of nitrogens with two attached hydrogens (primary N) is 1. The predicted octanol–water partition coefficient (Wildman–Crippen LogP) is 1.26. The quantitative estimate of drug-likeness (QED) is 0.237. The Labute approximate surface area is 144 Å². The average Bonchev–Trinajstić information content (AvgIpc) is 2.56. The molecule has 0 unspecified atom stereocenters. The highest BCUT2D eigenvalue weighted by molar-refractivity contribution is 7.85. The average molecular weight is 366 g/mol. The third-order valence-electron chi connectivity index (χ3n) is 2.73. The topological polar surface area (TPSA) is 158 Å². The van der Waals surface area contributed by atoms with Gasteiger partial charge in [0.25, 0.3) is 10.1 Å². The summed E-state index contributed by atoms with van der Waals surface area (Å²) < 4.78 is 29.6. The molecular weight excluding hydrogens is 348 g/mol. The van der Waals surface area contributed by atoms with Crippen LogP contribution in [-0.4, -0.2) is 35.5 Å². The second-order valence-corrected chi connectivity index (χ2v) is 6.11. The zero-order valence-corrected chi connectivity index (χ0v) is 14.1. The number of nitrogens with one attached hydrogen (secondary N) is 1. The van der Waals surface area contributed by atoms with Crippen molar-refractivity contribution in [3.05, 3.63) is 59.7 Å². The van der Waals surface area contributed by atoms with Crippen molar-refractivity contribution in [2.45, 2.75) is 11.8 Å². The standard InChI is InChI=1S/C8H10N4O2.C7H8O3S/c9-8(12-14)11-10-5-6-3-1-2-4-7(6)13;1-6-2-4-7(5-3-6)11(8,9)10/h1-5,13-14H,(H3,9,11,12);2-5H,1H3,(H,8,9,10)/b10-5+;.